The van der Waals surface area contributed by atoms with Crippen molar-refractivity contribution in [1.82, 2.24) is 20.2 Å². The third kappa shape index (κ3) is 2.07. The third-order valence-corrected chi connectivity index (χ3v) is 2.22. The van der Waals surface area contributed by atoms with Crippen LogP contribution in [0, 0.1) is 6.92 Å². The van der Waals surface area contributed by atoms with Crippen molar-refractivity contribution in [3.05, 3.63) is 29.3 Å². The topological polar surface area (TPSA) is 90.1 Å². The first-order valence-electron chi connectivity index (χ1n) is 4.82. The maximum Gasteiger partial charge on any atom is 0.340 e. The van der Waals surface area contributed by atoms with E-state index in [1.165, 1.54) is 10.7 Å². The van der Waals surface area contributed by atoms with E-state index < -0.39 is 5.97 Å². The molecule has 0 atom stereocenters. The van der Waals surface area contributed by atoms with Gasteiger partial charge in [0.15, 0.2) is 0 Å². The number of carboxylic acids is 1. The van der Waals surface area contributed by atoms with Crippen LogP contribution in [0.2, 0.25) is 0 Å². The van der Waals surface area contributed by atoms with E-state index in [0.29, 0.717) is 5.56 Å². The van der Waals surface area contributed by atoms with Crippen LogP contribution in [-0.4, -0.2) is 31.3 Å². The van der Waals surface area contributed by atoms with Crippen molar-refractivity contribution in [2.24, 2.45) is 7.05 Å². The molecule has 0 aliphatic carbocycles. The van der Waals surface area contributed by atoms with Crippen molar-refractivity contribution in [1.29, 1.82) is 0 Å². The Morgan fingerprint density at radius 3 is 2.82 bits per heavy atom. The largest absolute Gasteiger partial charge is 0.478 e. The van der Waals surface area contributed by atoms with Crippen molar-refractivity contribution in [3.8, 4) is 11.8 Å². The maximum absolute atomic E-state index is 11.0. The van der Waals surface area contributed by atoms with Gasteiger partial charge in [-0.3, -0.25) is 0 Å². The van der Waals surface area contributed by atoms with E-state index >= 15 is 0 Å². The van der Waals surface area contributed by atoms with E-state index in [2.05, 4.69) is 15.5 Å². The molecule has 0 radical (unpaired) electrons. The minimum absolute atomic E-state index is 0.0769. The second kappa shape index (κ2) is 4.20. The van der Waals surface area contributed by atoms with Gasteiger partial charge in [0.25, 0.3) is 0 Å². The quantitative estimate of drug-likeness (QED) is 0.852. The summed E-state index contributed by atoms with van der Waals surface area (Å²) in [6, 6.07) is 5.02. The van der Waals surface area contributed by atoms with Gasteiger partial charge in [-0.2, -0.15) is 4.68 Å². The molecule has 1 aromatic carbocycles. The molecule has 17 heavy (non-hydrogen) atoms. The van der Waals surface area contributed by atoms with Gasteiger partial charge < -0.3 is 9.84 Å². The molecule has 0 unspecified atom stereocenters. The number of rotatable bonds is 3. The predicted molar refractivity (Wildman–Crippen MR) is 57.0 cm³/mol. The zero-order valence-electron chi connectivity index (χ0n) is 9.28. The van der Waals surface area contributed by atoms with Gasteiger partial charge in [-0.05, 0) is 29.0 Å². The third-order valence-electron chi connectivity index (χ3n) is 2.22. The summed E-state index contributed by atoms with van der Waals surface area (Å²) >= 11 is 0. The Morgan fingerprint density at radius 1 is 1.47 bits per heavy atom. The van der Waals surface area contributed by atoms with Gasteiger partial charge in [-0.25, -0.2) is 4.79 Å². The highest BCUT2D eigenvalue weighted by Crippen LogP contribution is 2.27. The summed E-state index contributed by atoms with van der Waals surface area (Å²) in [6.45, 7) is 1.76. The summed E-state index contributed by atoms with van der Waals surface area (Å²) in [4.78, 5) is 11.0. The molecule has 1 N–H and O–H groups in total. The molecule has 0 amide bonds. The lowest BCUT2D eigenvalue weighted by atomic mass is 10.1. The number of para-hydroxylation sites is 1. The van der Waals surface area contributed by atoms with Crippen molar-refractivity contribution in [3.63, 3.8) is 0 Å². The van der Waals surface area contributed by atoms with E-state index in [1.54, 1.807) is 26.1 Å². The second-order valence-corrected chi connectivity index (χ2v) is 3.44. The molecular formula is C10H10N4O3. The molecule has 0 aliphatic rings. The summed E-state index contributed by atoms with van der Waals surface area (Å²) in [5, 5.41) is 19.7. The Labute approximate surface area is 96.6 Å². The molecule has 2 aromatic rings. The lowest BCUT2D eigenvalue weighted by Gasteiger charge is -2.09. The van der Waals surface area contributed by atoms with Crippen LogP contribution in [-0.2, 0) is 7.05 Å². The van der Waals surface area contributed by atoms with Crippen molar-refractivity contribution < 1.29 is 14.6 Å². The van der Waals surface area contributed by atoms with Crippen LogP contribution >= 0.6 is 0 Å². The van der Waals surface area contributed by atoms with Crippen molar-refractivity contribution in [2.75, 3.05) is 0 Å². The fourth-order valence-electron chi connectivity index (χ4n) is 1.36. The Balaban J connectivity index is 2.45. The maximum atomic E-state index is 11.0. The van der Waals surface area contributed by atoms with Gasteiger partial charge >= 0.3 is 12.0 Å². The average molecular weight is 234 g/mol. The second-order valence-electron chi connectivity index (χ2n) is 3.44. The highest BCUT2D eigenvalue weighted by atomic mass is 16.5. The lowest BCUT2D eigenvalue weighted by molar-refractivity contribution is 0.0693. The first-order valence-corrected chi connectivity index (χ1v) is 4.82. The van der Waals surface area contributed by atoms with Gasteiger partial charge in [-0.15, -0.1) is 0 Å². The fraction of sp³-hybridized carbons (Fsp3) is 0.200. The van der Waals surface area contributed by atoms with Crippen LogP contribution < -0.4 is 4.74 Å². The summed E-state index contributed by atoms with van der Waals surface area (Å²) in [5.41, 5.74) is 0.779. The first-order chi connectivity index (χ1) is 8.09. The number of carbonyl (C=O) groups is 1. The number of aryl methyl sites for hydroxylation is 2. The smallest absolute Gasteiger partial charge is 0.340 e. The number of tetrazole rings is 1. The van der Waals surface area contributed by atoms with E-state index in [9.17, 15) is 4.79 Å². The van der Waals surface area contributed by atoms with Crippen LogP contribution in [0.15, 0.2) is 18.2 Å². The Kier molecular flexibility index (Phi) is 2.73. The molecule has 88 valence electrons. The zero-order chi connectivity index (χ0) is 12.4. The Morgan fingerprint density at radius 2 is 2.24 bits per heavy atom. The SMILES string of the molecule is Cc1cccc(C(=O)O)c1Oc1nnnn1C. The molecule has 0 spiro atoms. The molecule has 2 rings (SSSR count). The Bertz CT molecular complexity index is 564. The summed E-state index contributed by atoms with van der Waals surface area (Å²) in [6.07, 6.45) is 0. The van der Waals surface area contributed by atoms with Gasteiger partial charge in [0.1, 0.15) is 11.3 Å². The predicted octanol–water partition coefficient (Wildman–Crippen LogP) is 1.01. The number of aromatic nitrogens is 4. The fourth-order valence-corrected chi connectivity index (χ4v) is 1.36. The molecular weight excluding hydrogens is 224 g/mol. The number of ether oxygens (including phenoxy) is 1. The molecule has 7 nitrogen and oxygen atoms in total. The van der Waals surface area contributed by atoms with E-state index in [0.717, 1.165) is 0 Å². The van der Waals surface area contributed by atoms with Crippen molar-refractivity contribution >= 4 is 5.97 Å². The minimum atomic E-state index is -1.06. The molecule has 0 fully saturated rings. The number of hydrogen-bond acceptors (Lipinski definition) is 5. The van der Waals surface area contributed by atoms with Crippen LogP contribution in [0.3, 0.4) is 0 Å². The summed E-state index contributed by atoms with van der Waals surface area (Å²) in [7, 11) is 1.61. The van der Waals surface area contributed by atoms with Crippen LogP contribution in [0.25, 0.3) is 0 Å². The van der Waals surface area contributed by atoms with Gasteiger partial charge in [0.2, 0.25) is 0 Å². The normalized spacial score (nSPS) is 10.2. The summed E-state index contributed by atoms with van der Waals surface area (Å²) in [5.74, 6) is -0.809. The van der Waals surface area contributed by atoms with Gasteiger partial charge in [0, 0.05) is 7.05 Å². The van der Waals surface area contributed by atoms with Crippen LogP contribution in [0.1, 0.15) is 15.9 Å². The van der Waals surface area contributed by atoms with E-state index in [1.807, 2.05) is 0 Å². The zero-order valence-corrected chi connectivity index (χ0v) is 9.28. The van der Waals surface area contributed by atoms with Gasteiger partial charge in [-0.1, -0.05) is 17.2 Å². The average Bonchev–Trinajstić information content (AvgIpc) is 2.67. The molecule has 0 saturated heterocycles. The minimum Gasteiger partial charge on any atom is -0.478 e. The highest BCUT2D eigenvalue weighted by molar-refractivity contribution is 5.91. The molecule has 0 bridgehead atoms. The Hall–Kier alpha value is -2.44. The first kappa shape index (κ1) is 11.1. The monoisotopic (exact) mass is 234 g/mol. The lowest BCUT2D eigenvalue weighted by Crippen LogP contribution is -2.04. The van der Waals surface area contributed by atoms with Gasteiger partial charge in [0.05, 0.1) is 0 Å². The summed E-state index contributed by atoms with van der Waals surface area (Å²) < 4.78 is 6.74. The number of benzene rings is 1. The number of aromatic carboxylic acids is 1. The van der Waals surface area contributed by atoms with E-state index in [-0.39, 0.29) is 17.3 Å². The number of hydrogen-bond donors (Lipinski definition) is 1. The van der Waals surface area contributed by atoms with Crippen molar-refractivity contribution in [2.45, 2.75) is 6.92 Å². The molecule has 0 aliphatic heterocycles. The van der Waals surface area contributed by atoms with E-state index in [4.69, 9.17) is 9.84 Å². The molecule has 1 aromatic heterocycles. The van der Waals surface area contributed by atoms with Crippen LogP contribution in [0.4, 0.5) is 0 Å². The molecule has 0 saturated carbocycles. The molecule has 1 heterocycles. The highest BCUT2D eigenvalue weighted by Gasteiger charge is 2.16. The molecule has 7 heteroatoms. The van der Waals surface area contributed by atoms with Crippen LogP contribution in [0.5, 0.6) is 11.8 Å². The number of nitrogens with zero attached hydrogens (tertiary/aromatic N) is 4. The standard InChI is InChI=1S/C10H10N4O3/c1-6-4-3-5-7(9(15)16)8(6)17-10-11-12-13-14(10)2/h3-5H,1-2H3,(H,15,16). The number of carboxylic acid groups (broad SMARTS) is 1.